The van der Waals surface area contributed by atoms with Crippen molar-refractivity contribution in [2.75, 3.05) is 0 Å². The highest BCUT2D eigenvalue weighted by atomic mass is 19.4. The normalized spacial score (nSPS) is 15.1. The molecule has 0 spiro atoms. The summed E-state index contributed by atoms with van der Waals surface area (Å²) >= 11 is 0. The Labute approximate surface area is 210 Å². The predicted octanol–water partition coefficient (Wildman–Crippen LogP) is 6.40. The van der Waals surface area contributed by atoms with Gasteiger partial charge in [-0.25, -0.2) is 0 Å². The molecule has 228 valence electrons. The predicted molar refractivity (Wildman–Crippen MR) is 96.5 cm³/mol. The molecule has 0 radical (unpaired) electrons. The van der Waals surface area contributed by atoms with Crippen LogP contribution in [0.25, 0.3) is 0 Å². The van der Waals surface area contributed by atoms with Gasteiger partial charge >= 0.3 is 47.6 Å². The van der Waals surface area contributed by atoms with E-state index in [1.165, 1.54) is 18.2 Å². The number of carbonyl (C=O) groups is 2. The number of amides is 1. The van der Waals surface area contributed by atoms with Gasteiger partial charge in [0.15, 0.2) is 0 Å². The number of carbonyl (C=O) groups excluding carboxylic acids is 2. The van der Waals surface area contributed by atoms with Crippen molar-refractivity contribution >= 4 is 11.7 Å². The monoisotopic (exact) mass is 622 g/mol. The van der Waals surface area contributed by atoms with Crippen molar-refractivity contribution in [3.8, 4) is 0 Å². The van der Waals surface area contributed by atoms with E-state index in [1.807, 2.05) is 0 Å². The van der Waals surface area contributed by atoms with Crippen LogP contribution in [0.1, 0.15) is 17.3 Å². The van der Waals surface area contributed by atoms with Crippen LogP contribution in [0, 0.1) is 0 Å². The van der Waals surface area contributed by atoms with E-state index in [2.05, 4.69) is 0 Å². The lowest BCUT2D eigenvalue weighted by Crippen LogP contribution is -2.75. The number of alkyl halides is 17. The average molecular weight is 622 g/mol. The molecule has 0 fully saturated rings. The van der Waals surface area contributed by atoms with Gasteiger partial charge in [-0.05, 0) is 19.1 Å². The minimum absolute atomic E-state index is 0.151. The topological polar surface area (TPSA) is 58.2 Å². The number of allylic oxidation sites excluding steroid dienone is 2. The summed E-state index contributed by atoms with van der Waals surface area (Å²) in [7, 11) is 0. The minimum atomic E-state index is -8.79. The molecule has 4 nitrogen and oxygen atoms in total. The van der Waals surface area contributed by atoms with Crippen LogP contribution < -0.4 is 10.9 Å². The van der Waals surface area contributed by atoms with Crippen LogP contribution in [0.2, 0.25) is 0 Å². The summed E-state index contributed by atoms with van der Waals surface area (Å²) in [5.41, 5.74) is 1.96. The Balaban J connectivity index is 3.40. The lowest BCUT2D eigenvalue weighted by Gasteiger charge is -2.42. The van der Waals surface area contributed by atoms with Gasteiger partial charge < -0.3 is 5.43 Å². The molecule has 0 atom stereocenters. The molecular weight excluding hydrogens is 611 g/mol. The van der Waals surface area contributed by atoms with Gasteiger partial charge in [-0.2, -0.15) is 74.6 Å². The largest absolute Gasteiger partial charge is 0.460 e. The van der Waals surface area contributed by atoms with Gasteiger partial charge in [-0.15, -0.1) is 0 Å². The summed E-state index contributed by atoms with van der Waals surface area (Å²) in [6, 6.07) is 6.35. The second-order valence-electron chi connectivity index (χ2n) is 7.66. The van der Waals surface area contributed by atoms with E-state index in [1.54, 1.807) is 10.9 Å². The number of hydrogen-bond donors (Lipinski definition) is 2. The Morgan fingerprint density at radius 3 is 1.35 bits per heavy atom. The molecule has 1 aromatic carbocycles. The van der Waals surface area contributed by atoms with E-state index >= 15 is 0 Å². The maximum atomic E-state index is 13.9. The molecule has 0 heterocycles. The summed E-state index contributed by atoms with van der Waals surface area (Å²) in [4.78, 5) is 23.3. The quantitative estimate of drug-likeness (QED) is 0.171. The zero-order valence-corrected chi connectivity index (χ0v) is 18.7. The molecule has 40 heavy (non-hydrogen) atoms. The Morgan fingerprint density at radius 1 is 0.575 bits per heavy atom. The highest BCUT2D eigenvalue weighted by molar-refractivity contribution is 5.97. The van der Waals surface area contributed by atoms with Crippen LogP contribution in [0.15, 0.2) is 42.1 Å². The third kappa shape index (κ3) is 5.25. The molecule has 1 rings (SSSR count). The molecule has 0 unspecified atom stereocenters. The fraction of sp³-hybridized carbons (Fsp3) is 0.474. The molecule has 1 amide bonds. The second-order valence-corrected chi connectivity index (χ2v) is 7.66. The summed E-state index contributed by atoms with van der Waals surface area (Å²) in [5, 5.41) is 0. The Bertz CT molecular complexity index is 1130. The number of ketones is 1. The summed E-state index contributed by atoms with van der Waals surface area (Å²) in [6.45, 7) is 0.484. The lowest BCUT2D eigenvalue weighted by molar-refractivity contribution is -0.459. The van der Waals surface area contributed by atoms with Crippen LogP contribution >= 0.6 is 0 Å². The maximum absolute atomic E-state index is 13.9. The maximum Gasteiger partial charge on any atom is 0.460 e. The number of hydrazine groups is 1. The van der Waals surface area contributed by atoms with E-state index in [0.717, 1.165) is 12.1 Å². The SMILES string of the molecule is C/C(=C/C(=O)C(F)(F)C(F)(F)C(F)(F)C(F)(F)C(F)(F)C(F)(F)C(F)(F)C(F)(F)F)NNC(=O)c1ccccc1. The number of hydrogen-bond acceptors (Lipinski definition) is 3. The molecule has 0 bridgehead atoms. The molecular formula is C19H11F17N2O2. The van der Waals surface area contributed by atoms with E-state index in [4.69, 9.17) is 0 Å². The molecule has 0 aliphatic heterocycles. The van der Waals surface area contributed by atoms with Gasteiger partial charge in [0.25, 0.3) is 5.91 Å². The zero-order chi connectivity index (χ0) is 32.0. The van der Waals surface area contributed by atoms with E-state index < -0.39 is 71.1 Å². The van der Waals surface area contributed by atoms with Gasteiger partial charge in [0, 0.05) is 17.3 Å². The summed E-state index contributed by atoms with van der Waals surface area (Å²) in [6.07, 6.45) is -8.64. The molecule has 21 heteroatoms. The van der Waals surface area contributed by atoms with Crippen molar-refractivity contribution in [1.29, 1.82) is 0 Å². The first-order valence-corrected chi connectivity index (χ1v) is 9.61. The third-order valence-electron chi connectivity index (χ3n) is 4.79. The van der Waals surface area contributed by atoms with Gasteiger partial charge in [0.05, 0.1) is 0 Å². The molecule has 0 saturated heterocycles. The highest BCUT2D eigenvalue weighted by Crippen LogP contribution is 2.64. The zero-order valence-electron chi connectivity index (χ0n) is 18.7. The van der Waals surface area contributed by atoms with Crippen molar-refractivity contribution in [2.45, 2.75) is 54.6 Å². The first-order valence-electron chi connectivity index (χ1n) is 9.61. The lowest BCUT2D eigenvalue weighted by atomic mass is 9.88. The van der Waals surface area contributed by atoms with Gasteiger partial charge in [-0.1, -0.05) is 18.2 Å². The van der Waals surface area contributed by atoms with Crippen LogP contribution in [0.5, 0.6) is 0 Å². The molecule has 1 aromatic rings. The van der Waals surface area contributed by atoms with E-state index in [0.29, 0.717) is 6.92 Å². The summed E-state index contributed by atoms with van der Waals surface area (Å²) in [5.74, 6) is -63.2. The van der Waals surface area contributed by atoms with Crippen molar-refractivity contribution < 1.29 is 84.2 Å². The van der Waals surface area contributed by atoms with Crippen molar-refractivity contribution in [1.82, 2.24) is 10.9 Å². The van der Waals surface area contributed by atoms with Gasteiger partial charge in [0.1, 0.15) is 0 Å². The van der Waals surface area contributed by atoms with Crippen LogP contribution in [0.3, 0.4) is 0 Å². The second kappa shape index (κ2) is 10.3. The molecule has 0 saturated carbocycles. The van der Waals surface area contributed by atoms with Gasteiger partial charge in [0.2, 0.25) is 5.78 Å². The molecule has 0 aliphatic rings. The first-order chi connectivity index (χ1) is 17.6. The van der Waals surface area contributed by atoms with Crippen LogP contribution in [-0.2, 0) is 4.79 Å². The van der Waals surface area contributed by atoms with E-state index in [9.17, 15) is 84.2 Å². The first kappa shape index (κ1) is 34.7. The number of nitrogens with one attached hydrogen (secondary N) is 2. The fourth-order valence-corrected chi connectivity index (χ4v) is 2.46. The van der Waals surface area contributed by atoms with Crippen LogP contribution in [-0.4, -0.2) is 59.3 Å². The molecule has 0 aliphatic carbocycles. The van der Waals surface area contributed by atoms with Gasteiger partial charge in [-0.3, -0.25) is 15.0 Å². The highest BCUT2D eigenvalue weighted by Gasteiger charge is 2.95. The Hall–Kier alpha value is -3.29. The molecule has 2 N–H and O–H groups in total. The van der Waals surface area contributed by atoms with Crippen LogP contribution in [0.4, 0.5) is 74.6 Å². The van der Waals surface area contributed by atoms with Crippen molar-refractivity contribution in [2.24, 2.45) is 0 Å². The average Bonchev–Trinajstić information content (AvgIpc) is 2.81. The Kier molecular flexibility index (Phi) is 8.92. The number of rotatable bonds is 11. The minimum Gasteiger partial charge on any atom is -0.303 e. The third-order valence-corrected chi connectivity index (χ3v) is 4.79. The standard InChI is InChI=1S/C19H11F17N2O2/c1-8(37-38-11(40)9-5-3-2-4-6-9)7-10(39)12(20,21)13(22,23)14(24,25)15(26,27)16(28,29)17(30,31)18(32,33)19(34,35)36/h2-7,37H,1H3,(H,38,40)/b8-7-. The summed E-state index contributed by atoms with van der Waals surface area (Å²) < 4.78 is 225. The van der Waals surface area contributed by atoms with E-state index in [-0.39, 0.29) is 5.56 Å². The van der Waals surface area contributed by atoms with Crippen molar-refractivity contribution in [3.63, 3.8) is 0 Å². The fourth-order valence-electron chi connectivity index (χ4n) is 2.46. The molecule has 0 aromatic heterocycles. The number of benzene rings is 1. The smallest absolute Gasteiger partial charge is 0.303 e. The Morgan fingerprint density at radius 2 is 0.950 bits per heavy atom. The van der Waals surface area contributed by atoms with Crippen molar-refractivity contribution in [3.05, 3.63) is 47.7 Å². The number of halogens is 17.